The summed E-state index contributed by atoms with van der Waals surface area (Å²) in [6.45, 7) is 1.17. The van der Waals surface area contributed by atoms with Crippen molar-refractivity contribution in [2.75, 3.05) is 18.0 Å². The molecule has 0 saturated carbocycles. The summed E-state index contributed by atoms with van der Waals surface area (Å²) in [4.78, 5) is 19.7. The van der Waals surface area contributed by atoms with E-state index in [0.29, 0.717) is 22.7 Å². The first-order valence-corrected chi connectivity index (χ1v) is 12.0. The first-order chi connectivity index (χ1) is 17.5. The van der Waals surface area contributed by atoms with Crippen LogP contribution < -0.4 is 10.6 Å². The van der Waals surface area contributed by atoms with Crippen molar-refractivity contribution in [3.63, 3.8) is 0 Å². The van der Waals surface area contributed by atoms with Gasteiger partial charge in [-0.25, -0.2) is 14.4 Å². The Morgan fingerprint density at radius 1 is 1.25 bits per heavy atom. The number of halogens is 2. The van der Waals surface area contributed by atoms with Crippen LogP contribution in [0.1, 0.15) is 47.1 Å². The van der Waals surface area contributed by atoms with Gasteiger partial charge in [-0.05, 0) is 42.2 Å². The van der Waals surface area contributed by atoms with Crippen LogP contribution in [0.5, 0.6) is 0 Å². The SMILES string of the molecule is N[C@@H]1c2cccnc2CC12CCN(c1nc3[nH]nc(C#Cc4c(F)cncc4Cl)c3nc1CO)CC2. The quantitative estimate of drug-likeness (QED) is 0.355. The molecule has 0 aromatic carbocycles. The molecule has 0 unspecified atom stereocenters. The lowest BCUT2D eigenvalue weighted by Gasteiger charge is -2.42. The van der Waals surface area contributed by atoms with E-state index in [-0.39, 0.29) is 34.3 Å². The van der Waals surface area contributed by atoms with Crippen molar-refractivity contribution >= 4 is 28.6 Å². The lowest BCUT2D eigenvalue weighted by Crippen LogP contribution is -2.45. The highest BCUT2D eigenvalue weighted by atomic mass is 35.5. The third kappa shape index (κ3) is 3.67. The van der Waals surface area contributed by atoms with E-state index in [9.17, 15) is 9.50 Å². The predicted octanol–water partition coefficient (Wildman–Crippen LogP) is 2.67. The molecule has 9 nitrogen and oxygen atoms in total. The van der Waals surface area contributed by atoms with E-state index in [1.54, 1.807) is 0 Å². The largest absolute Gasteiger partial charge is 0.390 e. The van der Waals surface area contributed by atoms with Crippen LogP contribution in [0.25, 0.3) is 11.2 Å². The third-order valence-corrected chi connectivity index (χ3v) is 7.54. The fourth-order valence-electron chi connectivity index (χ4n) is 5.27. The molecule has 4 aromatic rings. The number of nitrogens with one attached hydrogen (secondary N) is 1. The number of fused-ring (bicyclic) bond motifs is 2. The summed E-state index contributed by atoms with van der Waals surface area (Å²) in [7, 11) is 0. The zero-order chi connectivity index (χ0) is 24.9. The van der Waals surface area contributed by atoms with Crippen molar-refractivity contribution in [2.24, 2.45) is 11.1 Å². The Hall–Kier alpha value is -3.65. The summed E-state index contributed by atoms with van der Waals surface area (Å²) < 4.78 is 14.0. The van der Waals surface area contributed by atoms with Crippen LogP contribution in [0.2, 0.25) is 5.02 Å². The molecule has 4 N–H and O–H groups in total. The topological polar surface area (TPSA) is 130 Å². The lowest BCUT2D eigenvalue weighted by atomic mass is 9.73. The Balaban J connectivity index is 1.27. The molecular formula is C25H22ClFN8O. The molecule has 36 heavy (non-hydrogen) atoms. The average Bonchev–Trinajstić information content (AvgIpc) is 3.41. The van der Waals surface area contributed by atoms with E-state index in [4.69, 9.17) is 22.3 Å². The van der Waals surface area contributed by atoms with Gasteiger partial charge in [0.1, 0.15) is 11.2 Å². The molecule has 5 heterocycles. The fraction of sp³-hybridized carbons (Fsp3) is 0.320. The standard InChI is InChI=1S/C25H22ClFN8O/c26-16-11-29-12-17(27)14(16)3-4-18-21-23(34-33-18)32-24(20(13-36)31-21)35-8-5-25(6-9-35)10-19-15(22(25)28)2-1-7-30-19/h1-2,7,11-12,22,36H,5-6,8-10,13,28H2,(H,32,33,34)/t22-/m1/s1. The fourth-order valence-corrected chi connectivity index (χ4v) is 5.47. The van der Waals surface area contributed by atoms with E-state index in [1.807, 2.05) is 12.3 Å². The second kappa shape index (κ2) is 8.78. The molecule has 1 aliphatic heterocycles. The Morgan fingerprint density at radius 3 is 2.83 bits per heavy atom. The van der Waals surface area contributed by atoms with Gasteiger partial charge in [0, 0.05) is 37.2 Å². The van der Waals surface area contributed by atoms with Gasteiger partial charge in [0.05, 0.1) is 23.4 Å². The molecular weight excluding hydrogens is 483 g/mol. The minimum absolute atomic E-state index is 0.0235. The molecule has 182 valence electrons. The molecule has 2 aliphatic rings. The van der Waals surface area contributed by atoms with Gasteiger partial charge in [0.25, 0.3) is 0 Å². The highest BCUT2D eigenvalue weighted by Crippen LogP contribution is 2.50. The van der Waals surface area contributed by atoms with E-state index in [0.717, 1.165) is 49.8 Å². The number of hydrogen-bond donors (Lipinski definition) is 3. The third-order valence-electron chi connectivity index (χ3n) is 7.25. The Bertz CT molecular complexity index is 1520. The van der Waals surface area contributed by atoms with Gasteiger partial charge in [-0.1, -0.05) is 23.6 Å². The van der Waals surface area contributed by atoms with Crippen LogP contribution in [0, 0.1) is 23.1 Å². The summed E-state index contributed by atoms with van der Waals surface area (Å²) in [5.74, 6) is 5.48. The van der Waals surface area contributed by atoms with Crippen molar-refractivity contribution in [1.29, 1.82) is 0 Å². The van der Waals surface area contributed by atoms with Gasteiger partial charge >= 0.3 is 0 Å². The van der Waals surface area contributed by atoms with Crippen LogP contribution in [0.4, 0.5) is 10.2 Å². The molecule has 1 spiro atoms. The number of aromatic nitrogens is 6. The summed E-state index contributed by atoms with van der Waals surface area (Å²) >= 11 is 6.01. The van der Waals surface area contributed by atoms with Crippen LogP contribution in [-0.4, -0.2) is 48.3 Å². The Labute approximate surface area is 211 Å². The normalized spacial score (nSPS) is 18.3. The Morgan fingerprint density at radius 2 is 2.08 bits per heavy atom. The second-order valence-electron chi connectivity index (χ2n) is 9.19. The lowest BCUT2D eigenvalue weighted by molar-refractivity contribution is 0.186. The van der Waals surface area contributed by atoms with Crippen LogP contribution >= 0.6 is 11.6 Å². The summed E-state index contributed by atoms with van der Waals surface area (Å²) in [6, 6.07) is 3.98. The van der Waals surface area contributed by atoms with E-state index < -0.39 is 5.82 Å². The van der Waals surface area contributed by atoms with Crippen LogP contribution in [0.3, 0.4) is 0 Å². The first kappa shape index (κ1) is 22.8. The molecule has 4 aromatic heterocycles. The van der Waals surface area contributed by atoms with Gasteiger partial charge in [0.15, 0.2) is 23.0 Å². The average molecular weight is 505 g/mol. The Kier molecular flexibility index (Phi) is 5.56. The second-order valence-corrected chi connectivity index (χ2v) is 9.60. The minimum atomic E-state index is -0.622. The minimum Gasteiger partial charge on any atom is -0.390 e. The van der Waals surface area contributed by atoms with E-state index in [2.05, 4.69) is 48.0 Å². The van der Waals surface area contributed by atoms with Crippen molar-refractivity contribution in [3.8, 4) is 11.8 Å². The summed E-state index contributed by atoms with van der Waals surface area (Å²) in [5.41, 5.74) is 10.5. The maximum atomic E-state index is 14.0. The number of aromatic amines is 1. The van der Waals surface area contributed by atoms with Gasteiger partial charge in [0.2, 0.25) is 0 Å². The number of nitrogens with two attached hydrogens (primary N) is 1. The highest BCUT2D eigenvalue weighted by Gasteiger charge is 2.46. The smallest absolute Gasteiger partial charge is 0.177 e. The molecule has 1 saturated heterocycles. The van der Waals surface area contributed by atoms with Crippen molar-refractivity contribution in [3.05, 3.63) is 69.8 Å². The summed E-state index contributed by atoms with van der Waals surface area (Å²) in [6.07, 6.45) is 6.83. The molecule has 0 radical (unpaired) electrons. The molecule has 6 rings (SSSR count). The molecule has 1 aliphatic carbocycles. The highest BCUT2D eigenvalue weighted by molar-refractivity contribution is 6.31. The zero-order valence-corrected chi connectivity index (χ0v) is 19.9. The van der Waals surface area contributed by atoms with Crippen LogP contribution in [-0.2, 0) is 13.0 Å². The van der Waals surface area contributed by atoms with Gasteiger partial charge in [-0.3, -0.25) is 15.1 Å². The number of aliphatic hydroxyl groups is 1. The number of rotatable bonds is 2. The number of aliphatic hydroxyl groups excluding tert-OH is 1. The van der Waals surface area contributed by atoms with Crippen LogP contribution in [0.15, 0.2) is 30.7 Å². The predicted molar refractivity (Wildman–Crippen MR) is 132 cm³/mol. The van der Waals surface area contributed by atoms with Gasteiger partial charge in [-0.15, -0.1) is 0 Å². The number of hydrogen-bond acceptors (Lipinski definition) is 8. The van der Waals surface area contributed by atoms with E-state index in [1.165, 1.54) is 6.20 Å². The van der Waals surface area contributed by atoms with Crippen molar-refractivity contribution in [2.45, 2.75) is 31.9 Å². The molecule has 0 amide bonds. The first-order valence-electron chi connectivity index (χ1n) is 11.6. The zero-order valence-electron chi connectivity index (χ0n) is 19.2. The molecule has 11 heteroatoms. The molecule has 1 fully saturated rings. The maximum Gasteiger partial charge on any atom is 0.177 e. The van der Waals surface area contributed by atoms with E-state index >= 15 is 0 Å². The maximum absolute atomic E-state index is 14.0. The molecule has 0 bridgehead atoms. The molecule has 1 atom stereocenters. The summed E-state index contributed by atoms with van der Waals surface area (Å²) in [5, 5.41) is 17.2. The number of nitrogens with zero attached hydrogens (tertiary/aromatic N) is 6. The number of H-pyrrole nitrogens is 1. The number of anilines is 1. The van der Waals surface area contributed by atoms with Gasteiger partial charge < -0.3 is 15.7 Å². The van der Waals surface area contributed by atoms with Gasteiger partial charge in [-0.2, -0.15) is 5.10 Å². The monoisotopic (exact) mass is 504 g/mol. The van der Waals surface area contributed by atoms with Crippen molar-refractivity contribution < 1.29 is 9.50 Å². The number of piperidine rings is 1. The number of pyridine rings is 2. The van der Waals surface area contributed by atoms with Crippen molar-refractivity contribution in [1.82, 2.24) is 30.1 Å².